The number of nitrogens with one attached hydrogen (secondary N) is 2. The highest BCUT2D eigenvalue weighted by Gasteiger charge is 2.77. The Morgan fingerprint density at radius 1 is 1.22 bits per heavy atom. The lowest BCUT2D eigenvalue weighted by molar-refractivity contribution is -0.144. The second-order valence-electron chi connectivity index (χ2n) is 9.55. The lowest BCUT2D eigenvalue weighted by Crippen LogP contribution is -2.55. The Morgan fingerprint density at radius 3 is 2.58 bits per heavy atom. The molecule has 3 aliphatic rings. The van der Waals surface area contributed by atoms with Crippen LogP contribution in [0, 0.1) is 18.8 Å². The number of rotatable bonds is 6. The number of alkyl halides is 1. The van der Waals surface area contributed by atoms with Crippen molar-refractivity contribution >= 4 is 50.9 Å². The summed E-state index contributed by atoms with van der Waals surface area (Å²) >= 11 is 10.0. The third-order valence-electron chi connectivity index (χ3n) is 7.69. The number of carbonyl (C=O) groups excluding carboxylic acids is 3. The number of nitrogens with zero attached hydrogens (tertiary/aromatic N) is 1. The van der Waals surface area contributed by atoms with Crippen LogP contribution in [-0.4, -0.2) is 64.0 Å². The lowest BCUT2D eigenvalue weighted by Gasteiger charge is -2.37. The average molecular weight is 577 g/mol. The molecule has 7 atom stereocenters. The van der Waals surface area contributed by atoms with E-state index >= 15 is 0 Å². The van der Waals surface area contributed by atoms with E-state index in [4.69, 9.17) is 16.3 Å². The maximum absolute atomic E-state index is 14.1. The van der Waals surface area contributed by atoms with E-state index in [2.05, 4.69) is 26.6 Å². The summed E-state index contributed by atoms with van der Waals surface area (Å²) in [7, 11) is 1.52. The van der Waals surface area contributed by atoms with Crippen molar-refractivity contribution in [3.8, 4) is 0 Å². The van der Waals surface area contributed by atoms with E-state index in [1.165, 1.54) is 11.9 Å². The van der Waals surface area contributed by atoms with Crippen LogP contribution in [0.2, 0.25) is 5.02 Å². The zero-order valence-corrected chi connectivity index (χ0v) is 22.1. The van der Waals surface area contributed by atoms with E-state index in [-0.39, 0.29) is 16.6 Å². The molecule has 3 aliphatic heterocycles. The smallest absolute Gasteiger partial charge is 0.250 e. The van der Waals surface area contributed by atoms with Crippen molar-refractivity contribution in [2.75, 3.05) is 19.0 Å². The van der Waals surface area contributed by atoms with Gasteiger partial charge >= 0.3 is 0 Å². The highest BCUT2D eigenvalue weighted by Crippen LogP contribution is 2.61. The molecule has 3 N–H and O–H groups in total. The topological polar surface area (TPSA) is 108 Å². The molecule has 0 radical (unpaired) electrons. The monoisotopic (exact) mass is 575 g/mol. The van der Waals surface area contributed by atoms with Gasteiger partial charge in [-0.05, 0) is 30.5 Å². The molecular weight excluding hydrogens is 550 g/mol. The molecule has 2 bridgehead atoms. The molecule has 0 aromatic heterocycles. The first kappa shape index (κ1) is 25.2. The van der Waals surface area contributed by atoms with Crippen LogP contribution in [0.25, 0.3) is 0 Å². The number of halogens is 2. The standard InChI is InChI=1S/C26H27BrClN3O5/c1-13-7-6-10-16(28)20(13)30-24(34)22-26-11-15(27)21(36-26)18(23(33)29-2)19(26)25(35)31(22)17(12-32)14-8-4-3-5-9-14/h3-10,15,17-19,21-22,32H,11-12H2,1-2H3,(H,29,33)(H,30,34)/t15?,17-,18-,19+,21-,22?,26?/m1/s1. The SMILES string of the molecule is CNC(=O)[C@H]1[C@@H]2OC3(CC2Br)C(C(=O)Nc2c(C)cccc2Cl)N([C@H](CO)c2ccccc2)C(=O)[C@H]13. The van der Waals surface area contributed by atoms with Gasteiger partial charge in [0, 0.05) is 11.9 Å². The van der Waals surface area contributed by atoms with Crippen molar-refractivity contribution in [1.82, 2.24) is 10.2 Å². The molecule has 10 heteroatoms. The Balaban J connectivity index is 1.63. The highest BCUT2D eigenvalue weighted by molar-refractivity contribution is 9.09. The number of anilines is 1. The summed E-state index contributed by atoms with van der Waals surface area (Å²) in [4.78, 5) is 42.3. The Labute approximate surface area is 222 Å². The van der Waals surface area contributed by atoms with Crippen LogP contribution in [0.5, 0.6) is 0 Å². The minimum atomic E-state index is -1.24. The summed E-state index contributed by atoms with van der Waals surface area (Å²) < 4.78 is 6.45. The minimum absolute atomic E-state index is 0.217. The van der Waals surface area contributed by atoms with E-state index in [0.717, 1.165) is 5.56 Å². The second-order valence-corrected chi connectivity index (χ2v) is 11.1. The number of amides is 3. The predicted molar refractivity (Wildman–Crippen MR) is 138 cm³/mol. The fraction of sp³-hybridized carbons (Fsp3) is 0.423. The van der Waals surface area contributed by atoms with Crippen molar-refractivity contribution < 1.29 is 24.2 Å². The maximum atomic E-state index is 14.1. The number of aryl methyl sites for hydroxylation is 1. The molecule has 3 heterocycles. The normalized spacial score (nSPS) is 31.3. The van der Waals surface area contributed by atoms with Crippen LogP contribution in [0.4, 0.5) is 5.69 Å². The number of benzene rings is 2. The van der Waals surface area contributed by atoms with Gasteiger partial charge in [0.1, 0.15) is 11.6 Å². The Hall–Kier alpha value is -2.46. The molecule has 2 aromatic carbocycles. The molecule has 5 rings (SSSR count). The number of hydrogen-bond donors (Lipinski definition) is 3. The van der Waals surface area contributed by atoms with Crippen LogP contribution in [-0.2, 0) is 19.1 Å². The van der Waals surface area contributed by atoms with E-state index in [1.54, 1.807) is 24.3 Å². The largest absolute Gasteiger partial charge is 0.394 e. The fourth-order valence-corrected chi connectivity index (χ4v) is 7.39. The molecule has 2 aromatic rings. The van der Waals surface area contributed by atoms with Gasteiger partial charge in [-0.2, -0.15) is 0 Å². The molecule has 0 aliphatic carbocycles. The summed E-state index contributed by atoms with van der Waals surface area (Å²) in [5.41, 5.74) is 0.648. The summed E-state index contributed by atoms with van der Waals surface area (Å²) in [6.45, 7) is 1.42. The van der Waals surface area contributed by atoms with Gasteiger partial charge in [-0.15, -0.1) is 0 Å². The van der Waals surface area contributed by atoms with Gasteiger partial charge < -0.3 is 25.4 Å². The third-order valence-corrected chi connectivity index (χ3v) is 8.85. The molecule has 3 unspecified atom stereocenters. The van der Waals surface area contributed by atoms with Crippen molar-refractivity contribution in [2.24, 2.45) is 11.8 Å². The van der Waals surface area contributed by atoms with E-state index in [9.17, 15) is 19.5 Å². The number of para-hydroxylation sites is 1. The van der Waals surface area contributed by atoms with Crippen LogP contribution >= 0.6 is 27.5 Å². The molecule has 36 heavy (non-hydrogen) atoms. The van der Waals surface area contributed by atoms with Crippen LogP contribution in [0.15, 0.2) is 48.5 Å². The summed E-state index contributed by atoms with van der Waals surface area (Å²) in [5.74, 6) is -2.80. The van der Waals surface area contributed by atoms with Crippen molar-refractivity contribution in [3.63, 3.8) is 0 Å². The van der Waals surface area contributed by atoms with E-state index in [0.29, 0.717) is 22.7 Å². The van der Waals surface area contributed by atoms with Crippen molar-refractivity contribution in [2.45, 2.75) is 42.0 Å². The number of hydrogen-bond acceptors (Lipinski definition) is 5. The van der Waals surface area contributed by atoms with Gasteiger partial charge in [0.2, 0.25) is 17.7 Å². The fourth-order valence-electron chi connectivity index (χ4n) is 6.18. The van der Waals surface area contributed by atoms with Crippen molar-refractivity contribution in [3.05, 3.63) is 64.7 Å². The zero-order valence-electron chi connectivity index (χ0n) is 19.8. The molecule has 8 nitrogen and oxygen atoms in total. The molecule has 0 saturated carbocycles. The Kier molecular flexibility index (Phi) is 6.61. The molecule has 3 amide bonds. The Bertz CT molecular complexity index is 1190. The Morgan fingerprint density at radius 2 is 1.94 bits per heavy atom. The summed E-state index contributed by atoms with van der Waals surface area (Å²) in [5, 5.41) is 16.4. The third kappa shape index (κ3) is 3.67. The first-order valence-corrected chi connectivity index (χ1v) is 13.1. The predicted octanol–water partition coefficient (Wildman–Crippen LogP) is 2.81. The molecule has 1 spiro atoms. The number of carbonyl (C=O) groups is 3. The van der Waals surface area contributed by atoms with Gasteiger partial charge in [0.25, 0.3) is 0 Å². The van der Waals surface area contributed by atoms with Crippen LogP contribution in [0.3, 0.4) is 0 Å². The maximum Gasteiger partial charge on any atom is 0.250 e. The summed E-state index contributed by atoms with van der Waals surface area (Å²) in [6.07, 6.45) is -0.187. The van der Waals surface area contributed by atoms with E-state index in [1.807, 2.05) is 31.2 Å². The number of fused-ring (bicyclic) bond motifs is 1. The van der Waals surface area contributed by atoms with Crippen LogP contribution in [0.1, 0.15) is 23.6 Å². The first-order chi connectivity index (χ1) is 17.2. The lowest BCUT2D eigenvalue weighted by atomic mass is 9.70. The molecular formula is C26H27BrClN3O5. The van der Waals surface area contributed by atoms with Gasteiger partial charge in [-0.25, -0.2) is 0 Å². The molecule has 190 valence electrons. The highest BCUT2D eigenvalue weighted by atomic mass is 79.9. The molecule has 3 saturated heterocycles. The van der Waals surface area contributed by atoms with Gasteiger partial charge in [0.15, 0.2) is 0 Å². The van der Waals surface area contributed by atoms with Gasteiger partial charge in [-0.1, -0.05) is 70.0 Å². The first-order valence-electron chi connectivity index (χ1n) is 11.8. The summed E-state index contributed by atoms with van der Waals surface area (Å²) in [6, 6.07) is 12.5. The number of ether oxygens (including phenoxy) is 1. The number of aliphatic hydroxyl groups is 1. The number of likely N-dealkylation sites (tertiary alicyclic amines) is 1. The minimum Gasteiger partial charge on any atom is -0.394 e. The number of aliphatic hydroxyl groups excluding tert-OH is 1. The van der Waals surface area contributed by atoms with Gasteiger partial charge in [-0.3, -0.25) is 14.4 Å². The quantitative estimate of drug-likeness (QED) is 0.459. The average Bonchev–Trinajstić information content (AvgIpc) is 3.46. The van der Waals surface area contributed by atoms with Gasteiger partial charge in [0.05, 0.1) is 41.3 Å². The molecule has 3 fully saturated rings. The van der Waals surface area contributed by atoms with Crippen molar-refractivity contribution in [1.29, 1.82) is 0 Å². The van der Waals surface area contributed by atoms with Crippen LogP contribution < -0.4 is 10.6 Å². The van der Waals surface area contributed by atoms with E-state index < -0.39 is 48.1 Å². The second kappa shape index (κ2) is 9.45. The zero-order chi connectivity index (χ0) is 25.8.